The summed E-state index contributed by atoms with van der Waals surface area (Å²) >= 11 is 7.02. The highest BCUT2D eigenvalue weighted by molar-refractivity contribution is 7.99. The molecule has 1 aromatic heterocycles. The lowest BCUT2D eigenvalue weighted by Gasteiger charge is -2.12. The largest absolute Gasteiger partial charge is 0.325 e. The Labute approximate surface area is 172 Å². The highest BCUT2D eigenvalue weighted by atomic mass is 35.5. The summed E-state index contributed by atoms with van der Waals surface area (Å²) in [6.07, 6.45) is 3.14. The lowest BCUT2D eigenvalue weighted by atomic mass is 10.1. The van der Waals surface area contributed by atoms with Gasteiger partial charge in [-0.1, -0.05) is 41.1 Å². The number of aromatic nitrogens is 2. The molecule has 5 nitrogen and oxygen atoms in total. The minimum atomic E-state index is -0.273. The minimum Gasteiger partial charge on any atom is -0.325 e. The lowest BCUT2D eigenvalue weighted by molar-refractivity contribution is -0.113. The van der Waals surface area contributed by atoms with Gasteiger partial charge in [-0.15, -0.1) is 0 Å². The van der Waals surface area contributed by atoms with Gasteiger partial charge < -0.3 is 5.32 Å². The van der Waals surface area contributed by atoms with Crippen molar-refractivity contribution in [1.29, 1.82) is 0 Å². The molecule has 0 saturated carbocycles. The second kappa shape index (κ2) is 8.63. The molecule has 2 aromatic carbocycles. The van der Waals surface area contributed by atoms with Crippen molar-refractivity contribution in [3.8, 4) is 5.69 Å². The Morgan fingerprint density at radius 3 is 2.43 bits per heavy atom. The van der Waals surface area contributed by atoms with E-state index in [0.29, 0.717) is 10.7 Å². The molecule has 7 heteroatoms. The van der Waals surface area contributed by atoms with Gasteiger partial charge in [0.05, 0.1) is 5.75 Å². The van der Waals surface area contributed by atoms with Crippen molar-refractivity contribution in [3.05, 3.63) is 80.9 Å². The van der Waals surface area contributed by atoms with Crippen LogP contribution >= 0.6 is 23.4 Å². The van der Waals surface area contributed by atoms with E-state index in [1.54, 1.807) is 36.7 Å². The van der Waals surface area contributed by atoms with Crippen LogP contribution in [0, 0.1) is 20.8 Å². The van der Waals surface area contributed by atoms with Gasteiger partial charge in [0.2, 0.25) is 5.91 Å². The van der Waals surface area contributed by atoms with Crippen molar-refractivity contribution in [2.75, 3.05) is 11.1 Å². The molecule has 0 fully saturated rings. The number of aryl methyl sites for hydroxylation is 3. The smallest absolute Gasteiger partial charge is 0.287 e. The summed E-state index contributed by atoms with van der Waals surface area (Å²) < 4.78 is 1.48. The number of hydrogen-bond acceptors (Lipinski definition) is 4. The molecular weight excluding hydrogens is 394 g/mol. The fourth-order valence-corrected chi connectivity index (χ4v) is 3.81. The first kappa shape index (κ1) is 20.2. The van der Waals surface area contributed by atoms with Gasteiger partial charge >= 0.3 is 0 Å². The van der Waals surface area contributed by atoms with E-state index < -0.39 is 0 Å². The predicted molar refractivity (Wildman–Crippen MR) is 115 cm³/mol. The van der Waals surface area contributed by atoms with Gasteiger partial charge in [-0.25, -0.2) is 4.98 Å². The molecular formula is C21H20ClN3O2S. The van der Waals surface area contributed by atoms with E-state index in [-0.39, 0.29) is 22.2 Å². The van der Waals surface area contributed by atoms with Crippen molar-refractivity contribution < 1.29 is 4.79 Å². The maximum absolute atomic E-state index is 12.7. The number of hydrogen-bond donors (Lipinski definition) is 1. The van der Waals surface area contributed by atoms with Gasteiger partial charge in [0.1, 0.15) is 0 Å². The third-order valence-electron chi connectivity index (χ3n) is 4.20. The van der Waals surface area contributed by atoms with Crippen molar-refractivity contribution in [1.82, 2.24) is 9.55 Å². The van der Waals surface area contributed by atoms with Crippen LogP contribution in [0.2, 0.25) is 5.02 Å². The van der Waals surface area contributed by atoms with E-state index in [2.05, 4.69) is 10.3 Å². The van der Waals surface area contributed by atoms with Crippen LogP contribution in [0.1, 0.15) is 16.7 Å². The van der Waals surface area contributed by atoms with Crippen LogP contribution in [0.25, 0.3) is 5.69 Å². The Balaban J connectivity index is 1.73. The van der Waals surface area contributed by atoms with E-state index in [1.807, 2.05) is 32.9 Å². The number of nitrogens with zero attached hydrogens (tertiary/aromatic N) is 2. The summed E-state index contributed by atoms with van der Waals surface area (Å²) in [6, 6.07) is 11.0. The first-order valence-corrected chi connectivity index (χ1v) is 10.1. The molecule has 0 spiro atoms. The van der Waals surface area contributed by atoms with E-state index in [1.165, 1.54) is 4.57 Å². The van der Waals surface area contributed by atoms with E-state index >= 15 is 0 Å². The summed E-state index contributed by atoms with van der Waals surface area (Å²) in [5.41, 5.74) is 4.41. The normalized spacial score (nSPS) is 10.7. The van der Waals surface area contributed by atoms with Crippen molar-refractivity contribution >= 4 is 35.0 Å². The molecule has 144 valence electrons. The van der Waals surface area contributed by atoms with Crippen LogP contribution < -0.4 is 10.9 Å². The Morgan fingerprint density at radius 2 is 1.79 bits per heavy atom. The van der Waals surface area contributed by atoms with E-state index in [9.17, 15) is 9.59 Å². The summed E-state index contributed by atoms with van der Waals surface area (Å²) in [5, 5.41) is 3.80. The Bertz CT molecular complexity index is 1050. The van der Waals surface area contributed by atoms with Gasteiger partial charge in [0, 0.05) is 28.8 Å². The SMILES string of the molecule is Cc1cc(C)c(NC(=O)CSc2nccn(-c3ccc(Cl)cc3)c2=O)c(C)c1. The first-order valence-electron chi connectivity index (χ1n) is 8.69. The molecule has 1 heterocycles. The van der Waals surface area contributed by atoms with Crippen LogP contribution in [0.4, 0.5) is 5.69 Å². The zero-order valence-corrected chi connectivity index (χ0v) is 17.4. The number of nitrogens with one attached hydrogen (secondary N) is 1. The maximum atomic E-state index is 12.7. The van der Waals surface area contributed by atoms with Crippen LogP contribution in [0.5, 0.6) is 0 Å². The fraction of sp³-hybridized carbons (Fsp3) is 0.190. The van der Waals surface area contributed by atoms with Crippen LogP contribution in [-0.2, 0) is 4.79 Å². The molecule has 0 aliphatic carbocycles. The van der Waals surface area contributed by atoms with E-state index in [0.717, 1.165) is 34.1 Å². The zero-order valence-electron chi connectivity index (χ0n) is 15.8. The highest BCUT2D eigenvalue weighted by Gasteiger charge is 2.12. The average molecular weight is 414 g/mol. The Morgan fingerprint density at radius 1 is 1.14 bits per heavy atom. The Hall–Kier alpha value is -2.57. The van der Waals surface area contributed by atoms with Gasteiger partial charge in [-0.3, -0.25) is 14.2 Å². The Kier molecular flexibility index (Phi) is 6.21. The number of thioether (sulfide) groups is 1. The second-order valence-electron chi connectivity index (χ2n) is 6.49. The molecule has 0 radical (unpaired) electrons. The van der Waals surface area contributed by atoms with Crippen molar-refractivity contribution in [2.45, 2.75) is 25.8 Å². The minimum absolute atomic E-state index is 0.0969. The molecule has 0 saturated heterocycles. The molecule has 0 aliphatic heterocycles. The number of halogens is 1. The van der Waals surface area contributed by atoms with Gasteiger partial charge in [0.15, 0.2) is 5.03 Å². The van der Waals surface area contributed by atoms with Crippen LogP contribution in [0.3, 0.4) is 0 Å². The summed E-state index contributed by atoms with van der Waals surface area (Å²) in [6.45, 7) is 5.95. The van der Waals surface area contributed by atoms with Crippen LogP contribution in [-0.4, -0.2) is 21.2 Å². The highest BCUT2D eigenvalue weighted by Crippen LogP contribution is 2.22. The number of rotatable bonds is 5. The predicted octanol–water partition coefficient (Wildman–Crippen LogP) is 4.54. The van der Waals surface area contributed by atoms with Crippen LogP contribution in [0.15, 0.2) is 58.6 Å². The first-order chi connectivity index (χ1) is 13.3. The summed E-state index contributed by atoms with van der Waals surface area (Å²) in [5.74, 6) is -0.0808. The molecule has 28 heavy (non-hydrogen) atoms. The third kappa shape index (κ3) is 4.64. The summed E-state index contributed by atoms with van der Waals surface area (Å²) in [7, 11) is 0. The van der Waals surface area contributed by atoms with E-state index in [4.69, 9.17) is 11.6 Å². The lowest BCUT2D eigenvalue weighted by Crippen LogP contribution is -2.22. The number of benzene rings is 2. The number of carbonyl (C=O) groups is 1. The molecule has 3 rings (SSSR count). The molecule has 0 unspecified atom stereocenters. The molecule has 1 N–H and O–H groups in total. The monoisotopic (exact) mass is 413 g/mol. The fourth-order valence-electron chi connectivity index (χ4n) is 2.98. The second-order valence-corrected chi connectivity index (χ2v) is 7.90. The number of carbonyl (C=O) groups excluding carboxylic acids is 1. The van der Waals surface area contributed by atoms with Gasteiger partial charge in [-0.2, -0.15) is 0 Å². The van der Waals surface area contributed by atoms with Gasteiger partial charge in [-0.05, 0) is 56.2 Å². The standard InChI is InChI=1S/C21H20ClN3O2S/c1-13-10-14(2)19(15(3)11-13)24-18(26)12-28-20-21(27)25(9-8-23-20)17-6-4-16(22)5-7-17/h4-11H,12H2,1-3H3,(H,24,26). The maximum Gasteiger partial charge on any atom is 0.287 e. The topological polar surface area (TPSA) is 64.0 Å². The third-order valence-corrected chi connectivity index (χ3v) is 5.41. The molecule has 0 bridgehead atoms. The average Bonchev–Trinajstić information content (AvgIpc) is 2.65. The molecule has 3 aromatic rings. The number of anilines is 1. The quantitative estimate of drug-likeness (QED) is 0.623. The van der Waals surface area contributed by atoms with Gasteiger partial charge in [0.25, 0.3) is 5.56 Å². The molecule has 0 atom stereocenters. The zero-order chi connectivity index (χ0) is 20.3. The van der Waals surface area contributed by atoms with Crippen molar-refractivity contribution in [3.63, 3.8) is 0 Å². The van der Waals surface area contributed by atoms with Crippen molar-refractivity contribution in [2.24, 2.45) is 0 Å². The molecule has 0 aliphatic rings. The molecule has 1 amide bonds. The summed E-state index contributed by atoms with van der Waals surface area (Å²) in [4.78, 5) is 29.2. The number of amides is 1.